The van der Waals surface area contributed by atoms with Crippen molar-refractivity contribution >= 4 is 11.9 Å². The molecule has 0 saturated carbocycles. The molecule has 0 radical (unpaired) electrons. The molecule has 7 heteroatoms. The van der Waals surface area contributed by atoms with Gasteiger partial charge in [-0.25, -0.2) is 9.59 Å². The van der Waals surface area contributed by atoms with Crippen molar-refractivity contribution in [3.8, 4) is 5.75 Å². The van der Waals surface area contributed by atoms with Gasteiger partial charge in [-0.15, -0.1) is 0 Å². The second kappa shape index (κ2) is 8.67. The maximum Gasteiger partial charge on any atom is 0.328 e. The first-order chi connectivity index (χ1) is 8.86. The summed E-state index contributed by atoms with van der Waals surface area (Å²) in [6.45, 7) is 0.170. The van der Waals surface area contributed by atoms with Gasteiger partial charge in [0, 0.05) is 18.7 Å². The van der Waals surface area contributed by atoms with Crippen LogP contribution in [0.25, 0.3) is 0 Å². The molecule has 19 heavy (non-hydrogen) atoms. The van der Waals surface area contributed by atoms with Crippen LogP contribution in [0.15, 0.2) is 36.4 Å². The smallest absolute Gasteiger partial charge is 0.328 e. The minimum atomic E-state index is -1.26. The summed E-state index contributed by atoms with van der Waals surface area (Å²) in [5.74, 6) is -2.37. The summed E-state index contributed by atoms with van der Waals surface area (Å²) in [6.07, 6.45) is 0.437. The second-order valence-electron chi connectivity index (χ2n) is 3.36. The number of carboxylic acids is 2. The van der Waals surface area contributed by atoms with Crippen molar-refractivity contribution in [1.82, 2.24) is 0 Å². The Labute approximate surface area is 109 Å². The van der Waals surface area contributed by atoms with Crippen LogP contribution < -0.4 is 5.73 Å². The third-order valence-corrected chi connectivity index (χ3v) is 1.85. The van der Waals surface area contributed by atoms with Gasteiger partial charge >= 0.3 is 11.9 Å². The average Bonchev–Trinajstić information content (AvgIpc) is 2.36. The minimum absolute atomic E-state index is 0.148. The van der Waals surface area contributed by atoms with Crippen molar-refractivity contribution in [1.29, 1.82) is 0 Å². The highest BCUT2D eigenvalue weighted by Gasteiger charge is 2.03. The first-order valence-corrected chi connectivity index (χ1v) is 5.17. The van der Waals surface area contributed by atoms with E-state index >= 15 is 0 Å². The quantitative estimate of drug-likeness (QED) is 0.488. The largest absolute Gasteiger partial charge is 0.508 e. The van der Waals surface area contributed by atoms with Crippen molar-refractivity contribution < 1.29 is 30.0 Å². The lowest BCUT2D eigenvalue weighted by Crippen LogP contribution is -2.11. The fourth-order valence-electron chi connectivity index (χ4n) is 1.01. The zero-order chi connectivity index (χ0) is 14.8. The lowest BCUT2D eigenvalue weighted by atomic mass is 10.1. The predicted octanol–water partition coefficient (Wildman–Crippen LogP) is 0.0961. The Morgan fingerprint density at radius 2 is 1.74 bits per heavy atom. The number of benzene rings is 1. The lowest BCUT2D eigenvalue weighted by molar-refractivity contribution is -0.134. The van der Waals surface area contributed by atoms with Gasteiger partial charge in [0.05, 0.1) is 6.10 Å². The van der Waals surface area contributed by atoms with E-state index in [4.69, 9.17) is 21.1 Å². The van der Waals surface area contributed by atoms with E-state index in [1.807, 2.05) is 0 Å². The summed E-state index contributed by atoms with van der Waals surface area (Å²) >= 11 is 0. The third kappa shape index (κ3) is 8.36. The average molecular weight is 269 g/mol. The van der Waals surface area contributed by atoms with E-state index in [9.17, 15) is 14.7 Å². The highest BCUT2D eigenvalue weighted by Crippen LogP contribution is 2.16. The molecule has 104 valence electrons. The van der Waals surface area contributed by atoms with Gasteiger partial charge in [0.15, 0.2) is 0 Å². The molecule has 0 aromatic heterocycles. The van der Waals surface area contributed by atoms with Crippen LogP contribution in [0.5, 0.6) is 5.75 Å². The zero-order valence-corrected chi connectivity index (χ0v) is 9.93. The summed E-state index contributed by atoms with van der Waals surface area (Å²) in [7, 11) is 0. The molecule has 7 nitrogen and oxygen atoms in total. The normalized spacial score (nSPS) is 11.5. The van der Waals surface area contributed by atoms with E-state index in [1.165, 1.54) is 6.07 Å². The monoisotopic (exact) mass is 269 g/mol. The molecule has 1 atom stereocenters. The zero-order valence-electron chi connectivity index (χ0n) is 9.93. The maximum absolute atomic E-state index is 9.55. The van der Waals surface area contributed by atoms with Crippen molar-refractivity contribution in [2.75, 3.05) is 6.54 Å². The Morgan fingerprint density at radius 1 is 1.21 bits per heavy atom. The maximum atomic E-state index is 9.55. The van der Waals surface area contributed by atoms with Gasteiger partial charge < -0.3 is 26.2 Å². The van der Waals surface area contributed by atoms with Crippen LogP contribution in [-0.2, 0) is 9.59 Å². The molecule has 1 unspecified atom stereocenters. The van der Waals surface area contributed by atoms with Crippen LogP contribution in [0.4, 0.5) is 0 Å². The van der Waals surface area contributed by atoms with Crippen LogP contribution in [0, 0.1) is 0 Å². The predicted molar refractivity (Wildman–Crippen MR) is 66.5 cm³/mol. The Balaban J connectivity index is 0.000000362. The first-order valence-electron chi connectivity index (χ1n) is 5.17. The third-order valence-electron chi connectivity index (χ3n) is 1.85. The fourth-order valence-corrected chi connectivity index (χ4v) is 1.01. The molecule has 0 amide bonds. The van der Waals surface area contributed by atoms with Crippen molar-refractivity contribution in [3.63, 3.8) is 0 Å². The number of aliphatic hydroxyl groups excluding tert-OH is 1. The number of hydrogen-bond donors (Lipinski definition) is 5. The van der Waals surface area contributed by atoms with E-state index in [0.717, 1.165) is 0 Å². The lowest BCUT2D eigenvalue weighted by Gasteiger charge is -2.06. The molecule has 0 fully saturated rings. The molecule has 0 bridgehead atoms. The summed E-state index contributed by atoms with van der Waals surface area (Å²) < 4.78 is 0. The molecule has 0 aliphatic rings. The van der Waals surface area contributed by atoms with Crippen molar-refractivity contribution in [2.45, 2.75) is 6.10 Å². The van der Waals surface area contributed by atoms with E-state index in [1.54, 1.807) is 18.2 Å². The molecule has 1 aromatic rings. The van der Waals surface area contributed by atoms with Gasteiger partial charge in [-0.3, -0.25) is 0 Å². The van der Waals surface area contributed by atoms with Crippen LogP contribution in [0.2, 0.25) is 0 Å². The number of carboxylic acid groups (broad SMARTS) is 2. The number of carbonyl (C=O) groups is 2. The molecule has 1 rings (SSSR count). The second-order valence-corrected chi connectivity index (χ2v) is 3.36. The van der Waals surface area contributed by atoms with Crippen LogP contribution >= 0.6 is 0 Å². The highest BCUT2D eigenvalue weighted by atomic mass is 16.4. The summed E-state index contributed by atoms with van der Waals surface area (Å²) in [5.41, 5.74) is 5.87. The van der Waals surface area contributed by atoms with E-state index in [-0.39, 0.29) is 12.3 Å². The molecule has 0 heterocycles. The van der Waals surface area contributed by atoms with E-state index in [0.29, 0.717) is 17.7 Å². The van der Waals surface area contributed by atoms with Crippen molar-refractivity contribution in [3.05, 3.63) is 42.0 Å². The Hall–Kier alpha value is -2.38. The molecular formula is C12H15NO6. The summed E-state index contributed by atoms with van der Waals surface area (Å²) in [5, 5.41) is 33.8. The summed E-state index contributed by atoms with van der Waals surface area (Å²) in [6, 6.07) is 6.44. The van der Waals surface area contributed by atoms with Gasteiger partial charge in [-0.2, -0.15) is 0 Å². The number of phenolic OH excluding ortho intramolecular Hbond substituents is 1. The van der Waals surface area contributed by atoms with Crippen LogP contribution in [0.1, 0.15) is 11.7 Å². The molecule has 0 saturated heterocycles. The van der Waals surface area contributed by atoms with Gasteiger partial charge in [-0.05, 0) is 17.7 Å². The van der Waals surface area contributed by atoms with Crippen LogP contribution in [0.3, 0.4) is 0 Å². The highest BCUT2D eigenvalue weighted by molar-refractivity contribution is 5.89. The molecule has 0 aliphatic carbocycles. The number of hydrogen-bond acceptors (Lipinski definition) is 5. The van der Waals surface area contributed by atoms with Gasteiger partial charge in [0.25, 0.3) is 0 Å². The topological polar surface area (TPSA) is 141 Å². The molecule has 6 N–H and O–H groups in total. The van der Waals surface area contributed by atoms with Gasteiger partial charge in [-0.1, -0.05) is 12.1 Å². The number of aliphatic hydroxyl groups is 1. The Morgan fingerprint density at radius 3 is 2.11 bits per heavy atom. The molecule has 0 spiro atoms. The molecule has 0 aliphatic heterocycles. The number of nitrogens with two attached hydrogens (primary N) is 1. The molecular weight excluding hydrogens is 254 g/mol. The van der Waals surface area contributed by atoms with Crippen molar-refractivity contribution in [2.24, 2.45) is 5.73 Å². The SMILES string of the molecule is NCC(O)c1cccc(O)c1.O=C(O)/C=C\C(=O)O. The van der Waals surface area contributed by atoms with Gasteiger partial charge in [0.1, 0.15) is 5.75 Å². The van der Waals surface area contributed by atoms with E-state index < -0.39 is 18.0 Å². The fraction of sp³-hybridized carbons (Fsp3) is 0.167. The first kappa shape index (κ1) is 16.6. The number of aliphatic carboxylic acids is 2. The number of aromatic hydroxyl groups is 1. The standard InChI is InChI=1S/C8H11NO2.C4H4O4/c9-5-8(11)6-2-1-3-7(10)4-6;5-3(6)1-2-4(7)8/h1-4,8,10-11H,5,9H2;1-2H,(H,5,6)(H,7,8)/b;2-1-. The number of rotatable bonds is 4. The van der Waals surface area contributed by atoms with Crippen LogP contribution in [-0.4, -0.2) is 38.9 Å². The summed E-state index contributed by atoms with van der Waals surface area (Å²) in [4.78, 5) is 19.1. The van der Waals surface area contributed by atoms with E-state index in [2.05, 4.69) is 0 Å². The van der Waals surface area contributed by atoms with Gasteiger partial charge in [0.2, 0.25) is 0 Å². The molecule has 1 aromatic carbocycles. The Kier molecular flexibility index (Phi) is 7.59. The Bertz CT molecular complexity index is 441. The minimum Gasteiger partial charge on any atom is -0.508 e. The number of phenols is 1.